The van der Waals surface area contributed by atoms with Crippen molar-refractivity contribution in [3.63, 3.8) is 0 Å². The molecule has 0 unspecified atom stereocenters. The van der Waals surface area contributed by atoms with Crippen LogP contribution >= 0.6 is 0 Å². The number of aromatic nitrogens is 4. The maximum atomic E-state index is 13.9. The summed E-state index contributed by atoms with van der Waals surface area (Å²) in [5.74, 6) is -0.400. The highest BCUT2D eigenvalue weighted by Crippen LogP contribution is 2.29. The minimum absolute atomic E-state index is 0.328. The van der Waals surface area contributed by atoms with Crippen LogP contribution in [0.25, 0.3) is 33.1 Å². The molecule has 4 rings (SSSR count). The molecule has 6 heteroatoms. The topological polar surface area (TPSA) is 78.2 Å². The lowest BCUT2D eigenvalue weighted by Gasteiger charge is -2.02. The van der Waals surface area contributed by atoms with Crippen LogP contribution in [0.4, 0.5) is 4.39 Å². The number of pyridine rings is 3. The molecule has 4 aromatic rings. The van der Waals surface area contributed by atoms with Crippen molar-refractivity contribution >= 4 is 21.9 Å². The molecule has 0 spiro atoms. The molecule has 0 bridgehead atoms. The summed E-state index contributed by atoms with van der Waals surface area (Å²) in [6.45, 7) is 0. The van der Waals surface area contributed by atoms with Gasteiger partial charge in [0.1, 0.15) is 23.2 Å². The van der Waals surface area contributed by atoms with E-state index in [1.807, 2.05) is 12.1 Å². The van der Waals surface area contributed by atoms with Crippen molar-refractivity contribution in [2.45, 2.75) is 0 Å². The molecular formula is C16H8FN5. The first-order valence-corrected chi connectivity index (χ1v) is 6.54. The zero-order chi connectivity index (χ0) is 15.1. The van der Waals surface area contributed by atoms with E-state index >= 15 is 0 Å². The van der Waals surface area contributed by atoms with E-state index < -0.39 is 5.82 Å². The van der Waals surface area contributed by atoms with Gasteiger partial charge in [0, 0.05) is 34.3 Å². The van der Waals surface area contributed by atoms with Crippen LogP contribution in [0.15, 0.2) is 43.0 Å². The Morgan fingerprint density at radius 2 is 2.00 bits per heavy atom. The minimum atomic E-state index is -0.400. The summed E-state index contributed by atoms with van der Waals surface area (Å²) < 4.78 is 13.9. The Balaban J connectivity index is 2.02. The Hall–Kier alpha value is -3.33. The smallest absolute Gasteiger partial charge is 0.149 e. The highest BCUT2D eigenvalue weighted by molar-refractivity contribution is 6.06. The summed E-state index contributed by atoms with van der Waals surface area (Å²) in [6.07, 6.45) is 5.92. The van der Waals surface area contributed by atoms with Gasteiger partial charge in [-0.05, 0) is 18.2 Å². The Morgan fingerprint density at radius 3 is 2.82 bits per heavy atom. The van der Waals surface area contributed by atoms with Crippen molar-refractivity contribution in [1.29, 1.82) is 5.26 Å². The van der Waals surface area contributed by atoms with Crippen LogP contribution in [0.3, 0.4) is 0 Å². The molecule has 0 aliphatic heterocycles. The Morgan fingerprint density at radius 1 is 1.09 bits per heavy atom. The third kappa shape index (κ3) is 1.80. The molecule has 0 aliphatic carbocycles. The van der Waals surface area contributed by atoms with Gasteiger partial charge in [0.2, 0.25) is 0 Å². The number of rotatable bonds is 1. The van der Waals surface area contributed by atoms with E-state index in [0.29, 0.717) is 22.5 Å². The monoisotopic (exact) mass is 289 g/mol. The predicted octanol–water partition coefficient (Wildman–Crippen LogP) is 3.18. The van der Waals surface area contributed by atoms with Gasteiger partial charge in [-0.2, -0.15) is 5.26 Å². The lowest BCUT2D eigenvalue weighted by atomic mass is 10.1. The van der Waals surface area contributed by atoms with E-state index in [1.165, 1.54) is 12.4 Å². The lowest BCUT2D eigenvalue weighted by molar-refractivity contribution is 0.625. The normalized spacial score (nSPS) is 10.9. The number of fused-ring (bicyclic) bond motifs is 3. The SMILES string of the molecule is N#Cc1cc2c(cn1)[nH]c1ncc(-c3ccncc3F)cc12. The Bertz CT molecular complexity index is 1060. The van der Waals surface area contributed by atoms with Crippen molar-refractivity contribution in [2.75, 3.05) is 0 Å². The van der Waals surface area contributed by atoms with Crippen LogP contribution in [-0.2, 0) is 0 Å². The molecule has 22 heavy (non-hydrogen) atoms. The minimum Gasteiger partial charge on any atom is -0.338 e. The third-order valence-electron chi connectivity index (χ3n) is 3.53. The quantitative estimate of drug-likeness (QED) is 0.583. The fourth-order valence-electron chi connectivity index (χ4n) is 2.49. The van der Waals surface area contributed by atoms with Gasteiger partial charge in [0.05, 0.1) is 17.9 Å². The molecule has 0 saturated heterocycles. The molecule has 0 atom stereocenters. The highest BCUT2D eigenvalue weighted by Gasteiger charge is 2.11. The number of nitriles is 1. The molecule has 0 saturated carbocycles. The van der Waals surface area contributed by atoms with E-state index in [9.17, 15) is 4.39 Å². The van der Waals surface area contributed by atoms with Crippen LogP contribution in [-0.4, -0.2) is 19.9 Å². The largest absolute Gasteiger partial charge is 0.338 e. The highest BCUT2D eigenvalue weighted by atomic mass is 19.1. The maximum Gasteiger partial charge on any atom is 0.149 e. The number of aromatic amines is 1. The number of hydrogen-bond acceptors (Lipinski definition) is 4. The van der Waals surface area contributed by atoms with Crippen molar-refractivity contribution in [1.82, 2.24) is 19.9 Å². The van der Waals surface area contributed by atoms with Gasteiger partial charge in [-0.25, -0.2) is 14.4 Å². The van der Waals surface area contributed by atoms with Crippen LogP contribution in [0.5, 0.6) is 0 Å². The van der Waals surface area contributed by atoms with Gasteiger partial charge in [-0.3, -0.25) is 4.98 Å². The van der Waals surface area contributed by atoms with Crippen molar-refractivity contribution in [2.24, 2.45) is 0 Å². The molecule has 0 aliphatic rings. The zero-order valence-corrected chi connectivity index (χ0v) is 11.2. The summed E-state index contributed by atoms with van der Waals surface area (Å²) in [4.78, 5) is 15.2. The fraction of sp³-hybridized carbons (Fsp3) is 0. The number of nitrogens with zero attached hydrogens (tertiary/aromatic N) is 4. The molecule has 0 amide bonds. The summed E-state index contributed by atoms with van der Waals surface area (Å²) in [7, 11) is 0. The summed E-state index contributed by atoms with van der Waals surface area (Å²) in [5, 5.41) is 10.6. The van der Waals surface area contributed by atoms with E-state index in [0.717, 1.165) is 16.3 Å². The summed E-state index contributed by atoms with van der Waals surface area (Å²) in [5.41, 5.74) is 2.88. The predicted molar refractivity (Wildman–Crippen MR) is 79.3 cm³/mol. The third-order valence-corrected chi connectivity index (χ3v) is 3.53. The second kappa shape index (κ2) is 4.60. The molecule has 4 aromatic heterocycles. The van der Waals surface area contributed by atoms with Crippen LogP contribution in [0.2, 0.25) is 0 Å². The van der Waals surface area contributed by atoms with E-state index in [4.69, 9.17) is 5.26 Å². The van der Waals surface area contributed by atoms with Crippen LogP contribution in [0, 0.1) is 17.1 Å². The second-order valence-corrected chi connectivity index (χ2v) is 4.83. The second-order valence-electron chi connectivity index (χ2n) is 4.83. The summed E-state index contributed by atoms with van der Waals surface area (Å²) >= 11 is 0. The Labute approximate surface area is 124 Å². The molecule has 4 heterocycles. The van der Waals surface area contributed by atoms with E-state index in [2.05, 4.69) is 19.9 Å². The lowest BCUT2D eigenvalue weighted by Crippen LogP contribution is -1.87. The summed E-state index contributed by atoms with van der Waals surface area (Å²) in [6, 6.07) is 7.17. The zero-order valence-electron chi connectivity index (χ0n) is 11.2. The van der Waals surface area contributed by atoms with Gasteiger partial charge in [-0.15, -0.1) is 0 Å². The van der Waals surface area contributed by atoms with E-state index in [-0.39, 0.29) is 0 Å². The van der Waals surface area contributed by atoms with Crippen molar-refractivity contribution < 1.29 is 4.39 Å². The molecule has 0 aromatic carbocycles. The number of H-pyrrole nitrogens is 1. The number of nitrogens with one attached hydrogen (secondary N) is 1. The first-order valence-electron chi connectivity index (χ1n) is 6.54. The molecule has 5 nitrogen and oxygen atoms in total. The first kappa shape index (κ1) is 12.4. The van der Waals surface area contributed by atoms with Gasteiger partial charge in [0.15, 0.2) is 0 Å². The standard InChI is InChI=1S/C16H8FN5/c17-14-7-19-2-1-11(14)9-3-13-12-4-10(5-18)20-8-15(12)22-16(13)21-6-9/h1-4,6-8H,(H,21,22). The van der Waals surface area contributed by atoms with E-state index in [1.54, 1.807) is 24.5 Å². The average Bonchev–Trinajstić information content (AvgIpc) is 2.92. The van der Waals surface area contributed by atoms with Gasteiger partial charge in [-0.1, -0.05) is 0 Å². The van der Waals surface area contributed by atoms with Gasteiger partial charge < -0.3 is 4.98 Å². The first-order chi connectivity index (χ1) is 10.8. The fourth-order valence-corrected chi connectivity index (χ4v) is 2.49. The van der Waals surface area contributed by atoms with Crippen molar-refractivity contribution in [3.05, 3.63) is 54.5 Å². The average molecular weight is 289 g/mol. The van der Waals surface area contributed by atoms with Crippen LogP contribution in [0.1, 0.15) is 5.69 Å². The maximum absolute atomic E-state index is 13.9. The number of halogens is 1. The molecule has 0 fully saturated rings. The molecule has 0 radical (unpaired) electrons. The van der Waals surface area contributed by atoms with Gasteiger partial charge in [0.25, 0.3) is 0 Å². The number of hydrogen-bond donors (Lipinski definition) is 1. The van der Waals surface area contributed by atoms with Gasteiger partial charge >= 0.3 is 0 Å². The molecule has 1 N–H and O–H groups in total. The molecule has 104 valence electrons. The molecular weight excluding hydrogens is 281 g/mol. The Kier molecular flexibility index (Phi) is 2.60. The van der Waals surface area contributed by atoms with Crippen LogP contribution < -0.4 is 0 Å². The van der Waals surface area contributed by atoms with Crippen molar-refractivity contribution in [3.8, 4) is 17.2 Å².